The van der Waals surface area contributed by atoms with Crippen molar-refractivity contribution in [3.05, 3.63) is 26.1 Å². The maximum absolute atomic E-state index is 4.25. The molecule has 14 heavy (non-hydrogen) atoms. The number of aryl methyl sites for hydroxylation is 1. The lowest BCUT2D eigenvalue weighted by Crippen LogP contribution is -1.98. The average molecular weight is 290 g/mol. The van der Waals surface area contributed by atoms with E-state index in [-0.39, 0.29) is 0 Å². The van der Waals surface area contributed by atoms with E-state index in [1.54, 1.807) is 22.7 Å². The molecule has 1 N–H and O–H groups in total. The molecule has 0 unspecified atom stereocenters. The van der Waals surface area contributed by atoms with E-state index in [1.807, 2.05) is 17.8 Å². The number of hydrogen-bond donors (Lipinski definition) is 1. The van der Waals surface area contributed by atoms with Gasteiger partial charge in [0.25, 0.3) is 0 Å². The third-order valence-corrected chi connectivity index (χ3v) is 4.17. The molecule has 0 amide bonds. The molecular weight excluding hydrogens is 282 g/mol. The number of nitrogens with one attached hydrogen (secondary N) is 1. The largest absolute Gasteiger partial charge is 0.357 e. The van der Waals surface area contributed by atoms with Gasteiger partial charge in [-0.25, -0.2) is 9.97 Å². The van der Waals surface area contributed by atoms with Crippen LogP contribution in [0.3, 0.4) is 0 Å². The van der Waals surface area contributed by atoms with Crippen LogP contribution in [-0.4, -0.2) is 9.97 Å². The van der Waals surface area contributed by atoms with Gasteiger partial charge in [-0.15, -0.1) is 22.7 Å². The molecule has 74 valence electrons. The first kappa shape index (κ1) is 10.1. The van der Waals surface area contributed by atoms with Crippen molar-refractivity contribution in [2.75, 3.05) is 5.32 Å². The lowest BCUT2D eigenvalue weighted by molar-refractivity contribution is 1.11. The van der Waals surface area contributed by atoms with E-state index >= 15 is 0 Å². The summed E-state index contributed by atoms with van der Waals surface area (Å²) in [5.74, 6) is 0. The molecule has 0 aliphatic carbocycles. The third kappa shape index (κ3) is 2.31. The molecule has 2 rings (SSSR count). The summed E-state index contributed by atoms with van der Waals surface area (Å²) in [4.78, 5) is 9.69. The number of thiazole rings is 2. The Morgan fingerprint density at radius 3 is 2.93 bits per heavy atom. The minimum Gasteiger partial charge on any atom is -0.357 e. The van der Waals surface area contributed by atoms with Gasteiger partial charge in [-0.05, 0) is 22.9 Å². The molecule has 6 heteroatoms. The highest BCUT2D eigenvalue weighted by Gasteiger charge is 2.02. The van der Waals surface area contributed by atoms with Crippen molar-refractivity contribution >= 4 is 43.7 Å². The molecule has 0 saturated heterocycles. The quantitative estimate of drug-likeness (QED) is 0.942. The summed E-state index contributed by atoms with van der Waals surface area (Å²) in [6, 6.07) is 0. The summed E-state index contributed by atoms with van der Waals surface area (Å²) in [6.07, 6.45) is 0. The topological polar surface area (TPSA) is 37.8 Å². The Balaban J connectivity index is 1.98. The highest BCUT2D eigenvalue weighted by Crippen LogP contribution is 2.21. The molecule has 0 saturated carbocycles. The molecule has 0 spiro atoms. The van der Waals surface area contributed by atoms with Crippen LogP contribution in [0, 0.1) is 6.92 Å². The van der Waals surface area contributed by atoms with Crippen LogP contribution >= 0.6 is 38.6 Å². The van der Waals surface area contributed by atoms with E-state index in [4.69, 9.17) is 0 Å². The van der Waals surface area contributed by atoms with Crippen LogP contribution in [0.5, 0.6) is 0 Å². The molecule has 3 nitrogen and oxygen atoms in total. The molecule has 0 bridgehead atoms. The van der Waals surface area contributed by atoms with Gasteiger partial charge in [-0.1, -0.05) is 0 Å². The van der Waals surface area contributed by atoms with E-state index in [1.165, 1.54) is 4.88 Å². The second kappa shape index (κ2) is 4.37. The first-order valence-electron chi connectivity index (χ1n) is 3.99. The van der Waals surface area contributed by atoms with E-state index in [9.17, 15) is 0 Å². The minimum atomic E-state index is 0.802. The number of anilines is 1. The molecule has 0 radical (unpaired) electrons. The predicted molar refractivity (Wildman–Crippen MR) is 64.0 cm³/mol. The predicted octanol–water partition coefficient (Wildman–Crippen LogP) is 3.28. The van der Waals surface area contributed by atoms with E-state index in [0.717, 1.165) is 22.0 Å². The van der Waals surface area contributed by atoms with Gasteiger partial charge in [-0.3, -0.25) is 0 Å². The highest BCUT2D eigenvalue weighted by atomic mass is 79.9. The van der Waals surface area contributed by atoms with E-state index in [0.29, 0.717) is 0 Å². The maximum Gasteiger partial charge on any atom is 0.184 e. The summed E-state index contributed by atoms with van der Waals surface area (Å²) < 4.78 is 0.881. The minimum absolute atomic E-state index is 0.802. The normalized spacial score (nSPS) is 10.4. The molecule has 0 atom stereocenters. The van der Waals surface area contributed by atoms with Crippen LogP contribution in [-0.2, 0) is 6.54 Å². The SMILES string of the molecule is Cc1ncsc1CNc1nc(Br)cs1. The molecule has 0 aromatic carbocycles. The summed E-state index contributed by atoms with van der Waals surface area (Å²) in [7, 11) is 0. The summed E-state index contributed by atoms with van der Waals surface area (Å²) in [5, 5.41) is 6.15. The van der Waals surface area contributed by atoms with Crippen molar-refractivity contribution in [2.45, 2.75) is 13.5 Å². The lowest BCUT2D eigenvalue weighted by Gasteiger charge is -1.99. The van der Waals surface area contributed by atoms with Crippen LogP contribution in [0.15, 0.2) is 15.5 Å². The zero-order valence-corrected chi connectivity index (χ0v) is 10.7. The Hall–Kier alpha value is -0.460. The van der Waals surface area contributed by atoms with Gasteiger partial charge in [0.2, 0.25) is 0 Å². The maximum atomic E-state index is 4.25. The first-order valence-corrected chi connectivity index (χ1v) is 6.55. The van der Waals surface area contributed by atoms with Gasteiger partial charge in [0.1, 0.15) is 4.60 Å². The van der Waals surface area contributed by atoms with E-state index < -0.39 is 0 Å². The fraction of sp³-hybridized carbons (Fsp3) is 0.250. The fourth-order valence-electron chi connectivity index (χ4n) is 0.987. The fourth-order valence-corrected chi connectivity index (χ4v) is 2.85. The summed E-state index contributed by atoms with van der Waals surface area (Å²) in [6.45, 7) is 2.82. The summed E-state index contributed by atoms with van der Waals surface area (Å²) in [5.41, 5.74) is 2.96. The zero-order valence-electron chi connectivity index (χ0n) is 7.45. The second-order valence-electron chi connectivity index (χ2n) is 2.69. The van der Waals surface area contributed by atoms with Crippen molar-refractivity contribution in [3.8, 4) is 0 Å². The molecule has 0 aliphatic heterocycles. The second-order valence-corrected chi connectivity index (χ2v) is 5.30. The van der Waals surface area contributed by atoms with Gasteiger partial charge < -0.3 is 5.32 Å². The van der Waals surface area contributed by atoms with Gasteiger partial charge in [-0.2, -0.15) is 0 Å². The number of nitrogens with zero attached hydrogens (tertiary/aromatic N) is 2. The first-order chi connectivity index (χ1) is 6.75. The number of hydrogen-bond acceptors (Lipinski definition) is 5. The van der Waals surface area contributed by atoms with Crippen LogP contribution in [0.4, 0.5) is 5.13 Å². The van der Waals surface area contributed by atoms with Crippen molar-refractivity contribution in [3.63, 3.8) is 0 Å². The van der Waals surface area contributed by atoms with Crippen LogP contribution in [0.25, 0.3) is 0 Å². The Morgan fingerprint density at radius 2 is 2.36 bits per heavy atom. The van der Waals surface area contributed by atoms with Crippen molar-refractivity contribution in [1.29, 1.82) is 0 Å². The van der Waals surface area contributed by atoms with Gasteiger partial charge >= 0.3 is 0 Å². The monoisotopic (exact) mass is 289 g/mol. The average Bonchev–Trinajstić information content (AvgIpc) is 2.72. The zero-order chi connectivity index (χ0) is 9.97. The molecule has 2 aromatic heterocycles. The Kier molecular flexibility index (Phi) is 3.15. The molecular formula is C8H8BrN3S2. The van der Waals surface area contributed by atoms with E-state index in [2.05, 4.69) is 31.2 Å². The van der Waals surface area contributed by atoms with Gasteiger partial charge in [0.05, 0.1) is 17.7 Å². The van der Waals surface area contributed by atoms with Crippen LogP contribution < -0.4 is 5.32 Å². The Morgan fingerprint density at radius 1 is 1.50 bits per heavy atom. The number of halogens is 1. The molecule has 0 aliphatic rings. The number of aromatic nitrogens is 2. The molecule has 0 fully saturated rings. The lowest BCUT2D eigenvalue weighted by atomic mass is 10.4. The molecule has 2 aromatic rings. The standard InChI is InChI=1S/C8H8BrN3S2/c1-5-6(14-4-11-5)2-10-8-12-7(9)3-13-8/h3-4H,2H2,1H3,(H,10,12). The Bertz CT molecular complexity index is 424. The van der Waals surface area contributed by atoms with Gasteiger partial charge in [0, 0.05) is 10.3 Å². The third-order valence-electron chi connectivity index (χ3n) is 1.72. The smallest absolute Gasteiger partial charge is 0.184 e. The van der Waals surface area contributed by atoms with Gasteiger partial charge in [0.15, 0.2) is 5.13 Å². The van der Waals surface area contributed by atoms with Crippen molar-refractivity contribution in [2.24, 2.45) is 0 Å². The number of rotatable bonds is 3. The van der Waals surface area contributed by atoms with Crippen molar-refractivity contribution < 1.29 is 0 Å². The van der Waals surface area contributed by atoms with Crippen LogP contribution in [0.2, 0.25) is 0 Å². The van der Waals surface area contributed by atoms with Crippen molar-refractivity contribution in [1.82, 2.24) is 9.97 Å². The Labute approximate surface area is 98.4 Å². The summed E-state index contributed by atoms with van der Waals surface area (Å²) >= 11 is 6.57. The highest BCUT2D eigenvalue weighted by molar-refractivity contribution is 9.10. The van der Waals surface area contributed by atoms with Crippen LogP contribution in [0.1, 0.15) is 10.6 Å². The molecule has 2 heterocycles.